The van der Waals surface area contributed by atoms with Gasteiger partial charge in [0, 0.05) is 18.1 Å². The van der Waals surface area contributed by atoms with Crippen LogP contribution in [0.1, 0.15) is 5.56 Å². The molecule has 0 saturated carbocycles. The summed E-state index contributed by atoms with van der Waals surface area (Å²) in [5.41, 5.74) is 1.68. The van der Waals surface area contributed by atoms with E-state index >= 15 is 0 Å². The highest BCUT2D eigenvalue weighted by Crippen LogP contribution is 2.36. The SMILES string of the molecule is CNc1ncnc(Nc2cc(C)c(Cl)cc2OC)c1OC. The van der Waals surface area contributed by atoms with Crippen LogP contribution < -0.4 is 20.1 Å². The summed E-state index contributed by atoms with van der Waals surface area (Å²) >= 11 is 6.11. The fourth-order valence-corrected chi connectivity index (χ4v) is 2.05. The van der Waals surface area contributed by atoms with E-state index in [1.54, 1.807) is 27.3 Å². The third-order valence-electron chi connectivity index (χ3n) is 2.98. The molecule has 0 saturated heterocycles. The number of anilines is 3. The van der Waals surface area contributed by atoms with Crippen LogP contribution in [0.4, 0.5) is 17.3 Å². The standard InChI is InChI=1S/C14H17ClN4O2/c1-8-5-10(11(20-3)6-9(8)15)19-14-12(21-4)13(16-2)17-7-18-14/h5-7H,1-4H3,(H2,16,17,18,19). The average molecular weight is 309 g/mol. The maximum absolute atomic E-state index is 6.11. The molecular formula is C14H17ClN4O2. The number of hydrogen-bond donors (Lipinski definition) is 2. The molecule has 2 rings (SSSR count). The summed E-state index contributed by atoms with van der Waals surface area (Å²) in [6.45, 7) is 1.92. The molecule has 112 valence electrons. The van der Waals surface area contributed by atoms with Gasteiger partial charge in [-0.25, -0.2) is 9.97 Å². The van der Waals surface area contributed by atoms with Crippen LogP contribution in [0.5, 0.6) is 11.5 Å². The van der Waals surface area contributed by atoms with E-state index in [0.29, 0.717) is 28.2 Å². The zero-order valence-corrected chi connectivity index (χ0v) is 13.1. The quantitative estimate of drug-likeness (QED) is 0.884. The molecule has 0 amide bonds. The molecular weight excluding hydrogens is 292 g/mol. The van der Waals surface area contributed by atoms with Crippen LogP contribution in [0, 0.1) is 6.92 Å². The van der Waals surface area contributed by atoms with Gasteiger partial charge >= 0.3 is 0 Å². The molecule has 0 bridgehead atoms. The Bertz CT molecular complexity index is 649. The molecule has 2 aromatic rings. The highest BCUT2D eigenvalue weighted by atomic mass is 35.5. The Morgan fingerprint density at radius 2 is 1.81 bits per heavy atom. The Balaban J connectivity index is 2.45. The van der Waals surface area contributed by atoms with Crippen molar-refractivity contribution in [2.45, 2.75) is 6.92 Å². The molecule has 1 aromatic heterocycles. The number of ether oxygens (including phenoxy) is 2. The molecule has 0 fully saturated rings. The van der Waals surface area contributed by atoms with Crippen LogP contribution in [0.25, 0.3) is 0 Å². The van der Waals surface area contributed by atoms with Crippen molar-refractivity contribution >= 4 is 28.9 Å². The van der Waals surface area contributed by atoms with Crippen molar-refractivity contribution in [3.63, 3.8) is 0 Å². The number of hydrogen-bond acceptors (Lipinski definition) is 6. The predicted molar refractivity (Wildman–Crippen MR) is 84.2 cm³/mol. The Labute approximate surface area is 128 Å². The van der Waals surface area contributed by atoms with Gasteiger partial charge in [0.25, 0.3) is 0 Å². The fourth-order valence-electron chi connectivity index (χ4n) is 1.89. The van der Waals surface area contributed by atoms with Crippen LogP contribution in [-0.4, -0.2) is 31.2 Å². The largest absolute Gasteiger partial charge is 0.495 e. The summed E-state index contributed by atoms with van der Waals surface area (Å²) in [7, 11) is 4.92. The van der Waals surface area contributed by atoms with E-state index in [1.807, 2.05) is 13.0 Å². The average Bonchev–Trinajstić information content (AvgIpc) is 2.50. The van der Waals surface area contributed by atoms with Gasteiger partial charge in [0.1, 0.15) is 12.1 Å². The lowest BCUT2D eigenvalue weighted by molar-refractivity contribution is 0.413. The first kappa shape index (κ1) is 15.2. The molecule has 0 unspecified atom stereocenters. The van der Waals surface area contributed by atoms with Crippen molar-refractivity contribution in [3.05, 3.63) is 29.0 Å². The van der Waals surface area contributed by atoms with Crippen LogP contribution in [0.3, 0.4) is 0 Å². The van der Waals surface area contributed by atoms with Crippen molar-refractivity contribution < 1.29 is 9.47 Å². The highest BCUT2D eigenvalue weighted by Gasteiger charge is 2.14. The van der Waals surface area contributed by atoms with E-state index in [-0.39, 0.29) is 0 Å². The second-order valence-electron chi connectivity index (χ2n) is 4.28. The molecule has 0 aliphatic carbocycles. The van der Waals surface area contributed by atoms with E-state index in [1.165, 1.54) is 6.33 Å². The van der Waals surface area contributed by atoms with Crippen molar-refractivity contribution in [1.82, 2.24) is 9.97 Å². The molecule has 1 aromatic carbocycles. The second-order valence-corrected chi connectivity index (χ2v) is 4.69. The number of methoxy groups -OCH3 is 2. The predicted octanol–water partition coefficient (Wildman–Crippen LogP) is 3.24. The van der Waals surface area contributed by atoms with Gasteiger partial charge in [-0.1, -0.05) is 11.6 Å². The normalized spacial score (nSPS) is 10.1. The number of aromatic nitrogens is 2. The van der Waals surface area contributed by atoms with Crippen LogP contribution in [0.2, 0.25) is 5.02 Å². The van der Waals surface area contributed by atoms with Crippen LogP contribution >= 0.6 is 11.6 Å². The third-order valence-corrected chi connectivity index (χ3v) is 3.39. The molecule has 21 heavy (non-hydrogen) atoms. The van der Waals surface area contributed by atoms with E-state index in [2.05, 4.69) is 20.6 Å². The van der Waals surface area contributed by atoms with Gasteiger partial charge in [-0.2, -0.15) is 0 Å². The molecule has 0 aliphatic rings. The number of benzene rings is 1. The van der Waals surface area contributed by atoms with Crippen LogP contribution in [0.15, 0.2) is 18.5 Å². The van der Waals surface area contributed by atoms with Crippen molar-refractivity contribution in [2.75, 3.05) is 31.9 Å². The first-order valence-electron chi connectivity index (χ1n) is 6.28. The number of nitrogens with zero attached hydrogens (tertiary/aromatic N) is 2. The lowest BCUT2D eigenvalue weighted by Crippen LogP contribution is -2.04. The van der Waals surface area contributed by atoms with Gasteiger partial charge in [-0.05, 0) is 18.6 Å². The zero-order valence-electron chi connectivity index (χ0n) is 12.3. The molecule has 0 atom stereocenters. The summed E-state index contributed by atoms with van der Waals surface area (Å²) in [6.07, 6.45) is 1.45. The minimum Gasteiger partial charge on any atom is -0.495 e. The Morgan fingerprint density at radius 3 is 2.43 bits per heavy atom. The maximum Gasteiger partial charge on any atom is 0.204 e. The van der Waals surface area contributed by atoms with Gasteiger partial charge in [0.15, 0.2) is 11.6 Å². The number of halogens is 1. The number of aryl methyl sites for hydroxylation is 1. The van der Waals surface area contributed by atoms with Gasteiger partial charge in [0.05, 0.1) is 19.9 Å². The monoisotopic (exact) mass is 308 g/mol. The summed E-state index contributed by atoms with van der Waals surface area (Å²) in [5, 5.41) is 6.78. The highest BCUT2D eigenvalue weighted by molar-refractivity contribution is 6.31. The van der Waals surface area contributed by atoms with Crippen molar-refractivity contribution in [3.8, 4) is 11.5 Å². The topological polar surface area (TPSA) is 68.3 Å². The molecule has 0 spiro atoms. The van der Waals surface area contributed by atoms with Gasteiger partial charge < -0.3 is 20.1 Å². The molecule has 6 nitrogen and oxygen atoms in total. The molecule has 7 heteroatoms. The third kappa shape index (κ3) is 3.11. The van der Waals surface area contributed by atoms with Crippen molar-refractivity contribution in [1.29, 1.82) is 0 Å². The summed E-state index contributed by atoms with van der Waals surface area (Å²) in [5.74, 6) is 2.28. The van der Waals surface area contributed by atoms with E-state index in [4.69, 9.17) is 21.1 Å². The smallest absolute Gasteiger partial charge is 0.204 e. The minimum atomic E-state index is 0.523. The van der Waals surface area contributed by atoms with Gasteiger partial charge in [0.2, 0.25) is 5.75 Å². The molecule has 0 aliphatic heterocycles. The summed E-state index contributed by atoms with van der Waals surface area (Å²) in [4.78, 5) is 8.31. The summed E-state index contributed by atoms with van der Waals surface area (Å²) < 4.78 is 10.7. The molecule has 0 radical (unpaired) electrons. The summed E-state index contributed by atoms with van der Waals surface area (Å²) in [6, 6.07) is 3.65. The van der Waals surface area contributed by atoms with Gasteiger partial charge in [-0.15, -0.1) is 0 Å². The number of nitrogens with one attached hydrogen (secondary N) is 2. The fraction of sp³-hybridized carbons (Fsp3) is 0.286. The Morgan fingerprint density at radius 1 is 1.10 bits per heavy atom. The van der Waals surface area contributed by atoms with Gasteiger partial charge in [-0.3, -0.25) is 0 Å². The molecule has 1 heterocycles. The maximum atomic E-state index is 6.11. The van der Waals surface area contributed by atoms with E-state index in [9.17, 15) is 0 Å². The lowest BCUT2D eigenvalue weighted by atomic mass is 10.2. The minimum absolute atomic E-state index is 0.523. The molecule has 2 N–H and O–H groups in total. The van der Waals surface area contributed by atoms with Crippen molar-refractivity contribution in [2.24, 2.45) is 0 Å². The van der Waals surface area contributed by atoms with Crippen LogP contribution in [-0.2, 0) is 0 Å². The van der Waals surface area contributed by atoms with E-state index < -0.39 is 0 Å². The first-order valence-corrected chi connectivity index (χ1v) is 6.66. The van der Waals surface area contributed by atoms with E-state index in [0.717, 1.165) is 11.3 Å². The Hall–Kier alpha value is -2.21. The zero-order chi connectivity index (χ0) is 15.4. The lowest BCUT2D eigenvalue weighted by Gasteiger charge is -2.15. The number of rotatable bonds is 5. The Kier molecular flexibility index (Phi) is 4.70. The second kappa shape index (κ2) is 6.49. The first-order chi connectivity index (χ1) is 10.1.